The third kappa shape index (κ3) is 3.46. The Morgan fingerprint density at radius 2 is 1.60 bits per heavy atom. The summed E-state index contributed by atoms with van der Waals surface area (Å²) in [6.45, 7) is 3.16. The predicted octanol–water partition coefficient (Wildman–Crippen LogP) is 3.68. The molecule has 3 aromatic rings. The highest BCUT2D eigenvalue weighted by Crippen LogP contribution is 2.36. The lowest BCUT2D eigenvalue weighted by Gasteiger charge is -2.43. The maximum absolute atomic E-state index is 12.8. The molecule has 152 valence electrons. The molecule has 0 atom stereocenters. The van der Waals surface area contributed by atoms with Gasteiger partial charge in [0.05, 0.1) is 12.4 Å². The fourth-order valence-corrected chi connectivity index (χ4v) is 4.72. The van der Waals surface area contributed by atoms with Crippen molar-refractivity contribution in [1.29, 1.82) is 0 Å². The highest BCUT2D eigenvalue weighted by atomic mass is 16.2. The molecule has 2 aromatic carbocycles. The molecule has 0 unspecified atom stereocenters. The molecule has 0 aliphatic carbocycles. The summed E-state index contributed by atoms with van der Waals surface area (Å²) in [4.78, 5) is 22.1. The minimum absolute atomic E-state index is 0.162. The number of nitrogens with zero attached hydrogens (tertiary/aromatic N) is 3. The number of anilines is 1. The Labute approximate surface area is 177 Å². The first kappa shape index (κ1) is 18.8. The van der Waals surface area contributed by atoms with Crippen molar-refractivity contribution in [2.45, 2.75) is 24.9 Å². The molecular weight excluding hydrogens is 372 g/mol. The van der Waals surface area contributed by atoms with Crippen LogP contribution in [0.15, 0.2) is 79.0 Å². The number of rotatable bonds is 4. The molecule has 5 nitrogen and oxygen atoms in total. The summed E-state index contributed by atoms with van der Waals surface area (Å²) in [7, 11) is 0. The third-order valence-corrected chi connectivity index (χ3v) is 6.40. The number of aromatic nitrogens is 1. The number of hydrogen-bond donors (Lipinski definition) is 1. The average molecular weight is 399 g/mol. The van der Waals surface area contributed by atoms with E-state index < -0.39 is 5.54 Å². The van der Waals surface area contributed by atoms with Crippen molar-refractivity contribution >= 4 is 11.6 Å². The van der Waals surface area contributed by atoms with Crippen LogP contribution in [0, 0.1) is 0 Å². The van der Waals surface area contributed by atoms with Gasteiger partial charge in [-0.15, -0.1) is 0 Å². The monoisotopic (exact) mass is 398 g/mol. The van der Waals surface area contributed by atoms with E-state index in [9.17, 15) is 4.79 Å². The van der Waals surface area contributed by atoms with Gasteiger partial charge in [0.2, 0.25) is 5.91 Å². The van der Waals surface area contributed by atoms with Gasteiger partial charge in [-0.1, -0.05) is 48.5 Å². The van der Waals surface area contributed by atoms with Crippen LogP contribution in [0.1, 0.15) is 18.5 Å². The largest absolute Gasteiger partial charge is 0.339 e. The molecule has 3 heterocycles. The summed E-state index contributed by atoms with van der Waals surface area (Å²) in [5.41, 5.74) is 4.15. The minimum atomic E-state index is -0.433. The highest BCUT2D eigenvalue weighted by Gasteiger charge is 2.50. The van der Waals surface area contributed by atoms with Crippen LogP contribution in [0.5, 0.6) is 0 Å². The Kier molecular flexibility index (Phi) is 4.97. The Morgan fingerprint density at radius 1 is 0.900 bits per heavy atom. The van der Waals surface area contributed by atoms with Crippen LogP contribution in [-0.4, -0.2) is 41.1 Å². The van der Waals surface area contributed by atoms with E-state index in [0.29, 0.717) is 6.67 Å². The van der Waals surface area contributed by atoms with Crippen molar-refractivity contribution in [2.75, 3.05) is 24.7 Å². The molecule has 2 fully saturated rings. The summed E-state index contributed by atoms with van der Waals surface area (Å²) in [5, 5.41) is 3.07. The molecule has 0 radical (unpaired) electrons. The summed E-state index contributed by atoms with van der Waals surface area (Å²) < 4.78 is 0. The van der Waals surface area contributed by atoms with Crippen LogP contribution in [0.3, 0.4) is 0 Å². The highest BCUT2D eigenvalue weighted by molar-refractivity contribution is 5.93. The van der Waals surface area contributed by atoms with Crippen LogP contribution in [-0.2, 0) is 11.3 Å². The first-order valence-electron chi connectivity index (χ1n) is 10.6. The van der Waals surface area contributed by atoms with Crippen molar-refractivity contribution < 1.29 is 4.79 Å². The van der Waals surface area contributed by atoms with Gasteiger partial charge in [0.25, 0.3) is 0 Å². The van der Waals surface area contributed by atoms with Gasteiger partial charge in [-0.25, -0.2) is 0 Å². The second-order valence-electron chi connectivity index (χ2n) is 8.14. The number of benzene rings is 2. The number of para-hydroxylation sites is 1. The van der Waals surface area contributed by atoms with E-state index >= 15 is 0 Å². The lowest BCUT2D eigenvalue weighted by atomic mass is 9.85. The Balaban J connectivity index is 1.29. The molecule has 1 N–H and O–H groups in total. The maximum Gasteiger partial charge on any atom is 0.247 e. The summed E-state index contributed by atoms with van der Waals surface area (Å²) >= 11 is 0. The van der Waals surface area contributed by atoms with E-state index in [-0.39, 0.29) is 5.91 Å². The lowest BCUT2D eigenvalue weighted by Crippen LogP contribution is -2.56. The number of piperidine rings is 1. The van der Waals surface area contributed by atoms with Gasteiger partial charge < -0.3 is 10.2 Å². The number of amides is 1. The van der Waals surface area contributed by atoms with E-state index in [4.69, 9.17) is 0 Å². The van der Waals surface area contributed by atoms with Crippen molar-refractivity contribution in [2.24, 2.45) is 0 Å². The van der Waals surface area contributed by atoms with Crippen LogP contribution in [0.25, 0.3) is 11.1 Å². The SMILES string of the molecule is O=C1NCN(c2ccccc2)C12CCN(Cc1cc(-c3ccccc3)ccn1)CC2. The first-order chi connectivity index (χ1) is 14.7. The van der Waals surface area contributed by atoms with E-state index in [1.54, 1.807) is 0 Å². The van der Waals surface area contributed by atoms with E-state index in [2.05, 4.69) is 68.6 Å². The van der Waals surface area contributed by atoms with Crippen LogP contribution in [0.4, 0.5) is 5.69 Å². The number of nitrogens with one attached hydrogen (secondary N) is 1. The summed E-state index contributed by atoms with van der Waals surface area (Å²) in [6.07, 6.45) is 3.54. The molecule has 2 aliphatic heterocycles. The van der Waals surface area contributed by atoms with Crippen molar-refractivity contribution in [3.63, 3.8) is 0 Å². The molecule has 5 heteroatoms. The molecule has 2 aliphatic rings. The Bertz CT molecular complexity index is 1010. The molecule has 1 aromatic heterocycles. The lowest BCUT2D eigenvalue weighted by molar-refractivity contribution is -0.125. The van der Waals surface area contributed by atoms with Gasteiger partial charge in [-0.2, -0.15) is 0 Å². The van der Waals surface area contributed by atoms with Crippen molar-refractivity contribution in [3.05, 3.63) is 84.7 Å². The van der Waals surface area contributed by atoms with E-state index in [0.717, 1.165) is 43.9 Å². The molecule has 0 saturated carbocycles. The smallest absolute Gasteiger partial charge is 0.247 e. The van der Waals surface area contributed by atoms with E-state index in [1.807, 2.05) is 30.5 Å². The van der Waals surface area contributed by atoms with Gasteiger partial charge in [-0.3, -0.25) is 14.7 Å². The number of hydrogen-bond acceptors (Lipinski definition) is 4. The first-order valence-corrected chi connectivity index (χ1v) is 10.6. The summed E-state index contributed by atoms with van der Waals surface area (Å²) in [5.74, 6) is 0.162. The van der Waals surface area contributed by atoms with Gasteiger partial charge >= 0.3 is 0 Å². The number of carbonyl (C=O) groups excluding carboxylic acids is 1. The van der Waals surface area contributed by atoms with Gasteiger partial charge in [0.15, 0.2) is 0 Å². The number of pyridine rings is 1. The Hall–Kier alpha value is -3.18. The second-order valence-corrected chi connectivity index (χ2v) is 8.14. The fraction of sp³-hybridized carbons (Fsp3) is 0.280. The number of likely N-dealkylation sites (tertiary alicyclic amines) is 1. The zero-order chi connectivity index (χ0) is 20.4. The molecule has 2 saturated heterocycles. The van der Waals surface area contributed by atoms with Crippen molar-refractivity contribution in [3.8, 4) is 11.1 Å². The molecular formula is C25H26N4O. The van der Waals surface area contributed by atoms with Gasteiger partial charge in [0, 0.05) is 31.5 Å². The quantitative estimate of drug-likeness (QED) is 0.728. The molecule has 30 heavy (non-hydrogen) atoms. The molecule has 1 spiro atoms. The fourth-order valence-electron chi connectivity index (χ4n) is 4.72. The van der Waals surface area contributed by atoms with Crippen LogP contribution in [0.2, 0.25) is 0 Å². The minimum Gasteiger partial charge on any atom is -0.339 e. The number of carbonyl (C=O) groups is 1. The van der Waals surface area contributed by atoms with Crippen molar-refractivity contribution in [1.82, 2.24) is 15.2 Å². The maximum atomic E-state index is 12.8. The molecule has 1 amide bonds. The van der Waals surface area contributed by atoms with Crippen LogP contribution < -0.4 is 10.2 Å². The second kappa shape index (κ2) is 7.92. The summed E-state index contributed by atoms with van der Waals surface area (Å²) in [6, 6.07) is 24.9. The van der Waals surface area contributed by atoms with Gasteiger partial charge in [-0.05, 0) is 48.2 Å². The normalized spacial score (nSPS) is 18.5. The topological polar surface area (TPSA) is 48.5 Å². The Morgan fingerprint density at radius 3 is 2.33 bits per heavy atom. The average Bonchev–Trinajstić information content (AvgIpc) is 3.12. The van der Waals surface area contributed by atoms with Gasteiger partial charge in [0.1, 0.15) is 5.54 Å². The molecule has 0 bridgehead atoms. The standard InChI is InChI=1S/C25H26N4O/c30-24-25(29(19-27-24)23-9-5-2-6-10-23)12-15-28(16-13-25)18-22-17-21(11-14-26-22)20-7-3-1-4-8-20/h1-11,14,17H,12-13,15-16,18-19H2,(H,27,30). The third-order valence-electron chi connectivity index (χ3n) is 6.40. The van der Waals surface area contributed by atoms with Crippen LogP contribution >= 0.6 is 0 Å². The zero-order valence-corrected chi connectivity index (χ0v) is 17.0. The molecule has 5 rings (SSSR count). The van der Waals surface area contributed by atoms with E-state index in [1.165, 1.54) is 11.1 Å². The predicted molar refractivity (Wildman–Crippen MR) is 119 cm³/mol. The zero-order valence-electron chi connectivity index (χ0n) is 17.0.